The molecule has 5 N–H and O–H groups in total. The van der Waals surface area contributed by atoms with E-state index in [-0.39, 0.29) is 35.5 Å². The lowest BCUT2D eigenvalue weighted by Gasteiger charge is -2.08. The summed E-state index contributed by atoms with van der Waals surface area (Å²) in [5.41, 5.74) is 11.5. The molecule has 1 aromatic heterocycles. The number of hydrogen-bond donors (Lipinski definition) is 3. The number of halogens is 3. The van der Waals surface area contributed by atoms with Gasteiger partial charge in [-0.1, -0.05) is 24.3 Å². The number of nitrogens with two attached hydrogens (primary N) is 2. The highest BCUT2D eigenvalue weighted by molar-refractivity contribution is 6.03. The Morgan fingerprint density at radius 2 is 1.70 bits per heavy atom. The minimum atomic E-state index is -4.50. The van der Waals surface area contributed by atoms with E-state index in [1.165, 1.54) is 30.3 Å². The Balaban J connectivity index is 2.27. The van der Waals surface area contributed by atoms with Gasteiger partial charge in [-0.2, -0.15) is 13.2 Å². The normalized spacial score (nSPS) is 11.5. The van der Waals surface area contributed by atoms with Crippen LogP contribution in [0.4, 0.5) is 18.9 Å². The third-order valence-electron chi connectivity index (χ3n) is 4.62. The van der Waals surface area contributed by atoms with Crippen molar-refractivity contribution in [2.24, 2.45) is 11.5 Å². The summed E-state index contributed by atoms with van der Waals surface area (Å²) in [7, 11) is 0. The summed E-state index contributed by atoms with van der Waals surface area (Å²) < 4.78 is 38.7. The molecule has 0 saturated heterocycles. The summed E-state index contributed by atoms with van der Waals surface area (Å²) in [6, 6.07) is 10.1. The van der Waals surface area contributed by atoms with Crippen LogP contribution in [-0.4, -0.2) is 22.4 Å². The second-order valence-electron chi connectivity index (χ2n) is 6.48. The second kappa shape index (κ2) is 7.99. The van der Waals surface area contributed by atoms with Gasteiger partial charge in [0.25, 0.3) is 11.6 Å². The number of nitrogens with one attached hydrogen (secondary N) is 1. The van der Waals surface area contributed by atoms with E-state index in [2.05, 4.69) is 4.98 Å². The van der Waals surface area contributed by atoms with Gasteiger partial charge in [0.15, 0.2) is 0 Å². The van der Waals surface area contributed by atoms with E-state index in [1.807, 2.05) is 0 Å². The van der Waals surface area contributed by atoms with Crippen molar-refractivity contribution in [3.8, 4) is 22.5 Å². The average Bonchev–Trinajstić information content (AvgIpc) is 3.07. The van der Waals surface area contributed by atoms with E-state index in [0.29, 0.717) is 16.8 Å². The molecule has 0 saturated carbocycles. The van der Waals surface area contributed by atoms with Crippen LogP contribution in [0.15, 0.2) is 48.5 Å². The summed E-state index contributed by atoms with van der Waals surface area (Å²) in [6.45, 7) is 0.127. The number of hydrogen-bond acceptors (Lipinski definition) is 4. The van der Waals surface area contributed by atoms with Gasteiger partial charge in [0, 0.05) is 11.8 Å². The van der Waals surface area contributed by atoms with Gasteiger partial charge in [-0.15, -0.1) is 0 Å². The molecule has 0 aliphatic carbocycles. The number of carbonyl (C=O) groups excluding carboxylic acids is 1. The molecule has 0 spiro atoms. The van der Waals surface area contributed by atoms with Gasteiger partial charge in [-0.25, -0.2) is 0 Å². The molecule has 156 valence electrons. The van der Waals surface area contributed by atoms with Crippen molar-refractivity contribution in [3.63, 3.8) is 0 Å². The number of benzene rings is 2. The van der Waals surface area contributed by atoms with Crippen molar-refractivity contribution in [3.05, 3.63) is 75.3 Å². The van der Waals surface area contributed by atoms with E-state index in [9.17, 15) is 28.1 Å². The first-order valence-corrected chi connectivity index (χ1v) is 8.81. The Labute approximate surface area is 168 Å². The van der Waals surface area contributed by atoms with Gasteiger partial charge in [0.2, 0.25) is 0 Å². The van der Waals surface area contributed by atoms with Crippen LogP contribution in [0, 0.1) is 10.1 Å². The Morgan fingerprint density at radius 3 is 2.23 bits per heavy atom. The number of rotatable bonds is 6. The number of para-hydroxylation sites is 1. The third kappa shape index (κ3) is 3.90. The molecule has 0 bridgehead atoms. The van der Waals surface area contributed by atoms with Gasteiger partial charge in [-0.3, -0.25) is 14.9 Å². The molecule has 0 fully saturated rings. The first-order valence-electron chi connectivity index (χ1n) is 8.81. The maximum Gasteiger partial charge on any atom is 0.416 e. The molecule has 2 aromatic carbocycles. The van der Waals surface area contributed by atoms with Crippen LogP contribution in [0.3, 0.4) is 0 Å². The zero-order chi connectivity index (χ0) is 22.1. The van der Waals surface area contributed by atoms with E-state index < -0.39 is 22.6 Å². The molecular weight excluding hydrogens is 401 g/mol. The zero-order valence-corrected chi connectivity index (χ0v) is 15.5. The van der Waals surface area contributed by atoms with Crippen LogP contribution in [-0.2, 0) is 12.6 Å². The topological polar surface area (TPSA) is 128 Å². The number of nitro benzene ring substituents is 1. The predicted octanol–water partition coefficient (Wildman–Crippen LogP) is 3.88. The van der Waals surface area contributed by atoms with E-state index >= 15 is 0 Å². The van der Waals surface area contributed by atoms with Crippen LogP contribution < -0.4 is 11.5 Å². The number of amides is 1. The number of carbonyl (C=O) groups is 1. The Morgan fingerprint density at radius 1 is 1.07 bits per heavy atom. The summed E-state index contributed by atoms with van der Waals surface area (Å²) in [5, 5.41) is 11.4. The lowest BCUT2D eigenvalue weighted by molar-refractivity contribution is -0.384. The quantitative estimate of drug-likeness (QED) is 0.414. The molecule has 3 rings (SSSR count). The van der Waals surface area contributed by atoms with Crippen LogP contribution in [0.25, 0.3) is 22.5 Å². The molecular formula is C20H17F3N4O3. The summed E-state index contributed by atoms with van der Waals surface area (Å²) in [4.78, 5) is 26.1. The number of nitro groups is 1. The molecule has 1 heterocycles. The molecule has 1 amide bonds. The Bertz CT molecular complexity index is 1110. The number of alkyl halides is 3. The molecule has 3 aromatic rings. The average molecular weight is 418 g/mol. The lowest BCUT2D eigenvalue weighted by Crippen LogP contribution is -2.15. The SMILES string of the molecule is NCCc1c(-c2ccc(C(F)(F)F)cc2)[nH]c(-c2ccccc2[N+](=O)[O-])c1C(N)=O. The zero-order valence-electron chi connectivity index (χ0n) is 15.5. The van der Waals surface area contributed by atoms with Gasteiger partial charge < -0.3 is 16.5 Å². The summed E-state index contributed by atoms with van der Waals surface area (Å²) in [5.74, 6) is -0.832. The highest BCUT2D eigenvalue weighted by Gasteiger charge is 2.31. The van der Waals surface area contributed by atoms with Crippen molar-refractivity contribution >= 4 is 11.6 Å². The highest BCUT2D eigenvalue weighted by Crippen LogP contribution is 2.38. The summed E-state index contributed by atoms with van der Waals surface area (Å²) in [6.07, 6.45) is -4.31. The van der Waals surface area contributed by atoms with E-state index in [1.54, 1.807) is 6.07 Å². The molecule has 0 atom stereocenters. The van der Waals surface area contributed by atoms with Gasteiger partial charge >= 0.3 is 6.18 Å². The smallest absolute Gasteiger partial charge is 0.366 e. The van der Waals surface area contributed by atoms with Crippen LogP contribution in [0.5, 0.6) is 0 Å². The number of aromatic amines is 1. The van der Waals surface area contributed by atoms with Gasteiger partial charge in [0.05, 0.1) is 27.3 Å². The van der Waals surface area contributed by atoms with Crippen molar-refractivity contribution in [1.29, 1.82) is 0 Å². The van der Waals surface area contributed by atoms with Crippen LogP contribution in [0.1, 0.15) is 21.5 Å². The van der Waals surface area contributed by atoms with Crippen molar-refractivity contribution in [2.75, 3.05) is 6.54 Å². The first kappa shape index (κ1) is 21.1. The van der Waals surface area contributed by atoms with Gasteiger partial charge in [-0.05, 0) is 42.3 Å². The Hall–Kier alpha value is -3.66. The van der Waals surface area contributed by atoms with Crippen LogP contribution >= 0.6 is 0 Å². The second-order valence-corrected chi connectivity index (χ2v) is 6.48. The predicted molar refractivity (Wildman–Crippen MR) is 105 cm³/mol. The van der Waals surface area contributed by atoms with Crippen molar-refractivity contribution < 1.29 is 22.9 Å². The maximum absolute atomic E-state index is 12.9. The fraction of sp³-hybridized carbons (Fsp3) is 0.150. The minimum Gasteiger partial charge on any atom is -0.366 e. The highest BCUT2D eigenvalue weighted by atomic mass is 19.4. The fourth-order valence-electron chi connectivity index (χ4n) is 3.32. The van der Waals surface area contributed by atoms with E-state index in [4.69, 9.17) is 11.5 Å². The lowest BCUT2D eigenvalue weighted by atomic mass is 9.97. The molecule has 10 heteroatoms. The minimum absolute atomic E-state index is 0.0182. The first-order chi connectivity index (χ1) is 14.1. The van der Waals surface area contributed by atoms with Gasteiger partial charge in [0.1, 0.15) is 0 Å². The monoisotopic (exact) mass is 418 g/mol. The standard InChI is InChI=1S/C20H17F3N4O3/c21-20(22,23)12-7-5-11(6-8-12)17-14(9-10-24)16(19(25)28)18(26-17)13-3-1-2-4-15(13)27(29)30/h1-8,26H,9-10,24H2,(H2,25,28). The van der Waals surface area contributed by atoms with Crippen molar-refractivity contribution in [2.45, 2.75) is 12.6 Å². The van der Waals surface area contributed by atoms with Crippen LogP contribution in [0.2, 0.25) is 0 Å². The molecule has 0 radical (unpaired) electrons. The van der Waals surface area contributed by atoms with E-state index in [0.717, 1.165) is 12.1 Å². The third-order valence-corrected chi connectivity index (χ3v) is 4.62. The fourth-order valence-corrected chi connectivity index (χ4v) is 3.32. The maximum atomic E-state index is 12.9. The summed E-state index contributed by atoms with van der Waals surface area (Å²) >= 11 is 0. The number of aromatic nitrogens is 1. The number of nitrogens with zero attached hydrogens (tertiary/aromatic N) is 1. The number of H-pyrrole nitrogens is 1. The Kier molecular flexibility index (Phi) is 5.61. The number of primary amides is 1. The molecule has 30 heavy (non-hydrogen) atoms. The molecule has 0 aliphatic rings. The molecule has 7 nitrogen and oxygen atoms in total. The van der Waals surface area contributed by atoms with Crippen molar-refractivity contribution in [1.82, 2.24) is 4.98 Å². The molecule has 0 unspecified atom stereocenters. The largest absolute Gasteiger partial charge is 0.416 e. The molecule has 0 aliphatic heterocycles.